The first-order valence-electron chi connectivity index (χ1n) is 13.2. The maximum atomic E-state index is 7.39. The molecule has 0 aromatic heterocycles. The van der Waals surface area contributed by atoms with E-state index in [0.29, 0.717) is 0 Å². The Morgan fingerprint density at radius 1 is 0.706 bits per heavy atom. The van der Waals surface area contributed by atoms with Crippen molar-refractivity contribution < 1.29 is 8.85 Å². The van der Waals surface area contributed by atoms with Crippen LogP contribution in [0.1, 0.15) is 12.0 Å². The van der Waals surface area contributed by atoms with Crippen molar-refractivity contribution in [1.82, 2.24) is 0 Å². The summed E-state index contributed by atoms with van der Waals surface area (Å²) in [6.45, 7) is 35.8. The highest BCUT2D eigenvalue weighted by Crippen LogP contribution is 2.36. The van der Waals surface area contributed by atoms with Crippen LogP contribution in [0.4, 0.5) is 0 Å². The first kappa shape index (κ1) is 32.4. The van der Waals surface area contributed by atoms with Crippen LogP contribution in [0.2, 0.25) is 97.7 Å². The molecule has 0 atom stereocenters. The molecule has 34 heavy (non-hydrogen) atoms. The minimum atomic E-state index is -1.95. The summed E-state index contributed by atoms with van der Waals surface area (Å²) in [6, 6.07) is 12.1. The Morgan fingerprint density at radius 3 is 1.41 bits per heavy atom. The number of benzene rings is 1. The molecule has 0 aliphatic heterocycles. The van der Waals surface area contributed by atoms with Crippen molar-refractivity contribution in [3.05, 3.63) is 41.5 Å². The summed E-state index contributed by atoms with van der Waals surface area (Å²) >= 11 is 0. The molecule has 0 spiro atoms. The van der Waals surface area contributed by atoms with Gasteiger partial charge in [-0.2, -0.15) is 0 Å². The summed E-state index contributed by atoms with van der Waals surface area (Å²) in [6.07, 6.45) is 3.30. The van der Waals surface area contributed by atoms with Crippen molar-refractivity contribution in [2.24, 2.45) is 0 Å². The zero-order chi connectivity index (χ0) is 26.8. The summed E-state index contributed by atoms with van der Waals surface area (Å²) in [7, 11) is -8.35. The topological polar surface area (TPSA) is 18.5 Å². The van der Waals surface area contributed by atoms with E-state index in [1.54, 1.807) is 0 Å². The predicted molar refractivity (Wildman–Crippen MR) is 176 cm³/mol. The quantitative estimate of drug-likeness (QED) is 0.188. The van der Waals surface area contributed by atoms with Crippen LogP contribution in [0.15, 0.2) is 35.9 Å². The molecule has 2 nitrogen and oxygen atoms in total. The van der Waals surface area contributed by atoms with E-state index >= 15 is 0 Å². The Balaban J connectivity index is 3.63. The van der Waals surface area contributed by atoms with Gasteiger partial charge >= 0.3 is 0 Å². The van der Waals surface area contributed by atoms with Crippen LogP contribution < -0.4 is 0 Å². The molecule has 0 radical (unpaired) electrons. The lowest BCUT2D eigenvalue weighted by atomic mass is 10.1. The number of hydrogen-bond acceptors (Lipinski definition) is 2. The Kier molecular flexibility index (Phi) is 10.9. The molecule has 0 amide bonds. The third-order valence-corrected chi connectivity index (χ3v) is 90.8. The van der Waals surface area contributed by atoms with Crippen molar-refractivity contribution in [3.8, 4) is 0 Å². The van der Waals surface area contributed by atoms with E-state index in [9.17, 15) is 0 Å². The van der Waals surface area contributed by atoms with Crippen molar-refractivity contribution in [2.75, 3.05) is 0 Å². The fourth-order valence-corrected chi connectivity index (χ4v) is 57.3. The lowest BCUT2D eigenvalue weighted by molar-refractivity contribution is 0.0279. The van der Waals surface area contributed by atoms with Crippen LogP contribution in [-0.2, 0) is 8.85 Å². The minimum absolute atomic E-state index is 0.177. The van der Waals surface area contributed by atoms with Crippen molar-refractivity contribution >= 4 is 61.4 Å². The van der Waals surface area contributed by atoms with Gasteiger partial charge in [0.15, 0.2) is 22.0 Å². The summed E-state index contributed by atoms with van der Waals surface area (Å²) in [4.78, 5) is 0. The average Bonchev–Trinajstić information content (AvgIpc) is 2.65. The van der Waals surface area contributed by atoms with E-state index in [1.165, 1.54) is 27.4 Å². The lowest BCUT2D eigenvalue weighted by Gasteiger charge is -2.51. The Hall–Kier alpha value is 0.398. The highest BCUT2D eigenvalue weighted by Gasteiger charge is 2.55. The van der Waals surface area contributed by atoms with Gasteiger partial charge in [-0.1, -0.05) is 108 Å². The van der Waals surface area contributed by atoms with Crippen LogP contribution in [0.3, 0.4) is 0 Å². The van der Waals surface area contributed by atoms with Gasteiger partial charge in [0.2, 0.25) is 0 Å². The third-order valence-electron chi connectivity index (χ3n) is 9.56. The molecule has 0 heterocycles. The van der Waals surface area contributed by atoms with Crippen molar-refractivity contribution in [3.63, 3.8) is 0 Å². The van der Waals surface area contributed by atoms with E-state index in [-0.39, 0.29) is 6.29 Å². The van der Waals surface area contributed by atoms with Gasteiger partial charge in [0.1, 0.15) is 0 Å². The maximum absolute atomic E-state index is 7.39. The second kappa shape index (κ2) is 11.4. The molecule has 9 heteroatoms. The highest BCUT2D eigenvalue weighted by atomic mass is 29.7. The van der Waals surface area contributed by atoms with Crippen LogP contribution in [0, 0.1) is 0 Å². The smallest absolute Gasteiger partial charge is 0.175 e. The molecule has 1 aromatic rings. The van der Waals surface area contributed by atoms with Crippen molar-refractivity contribution in [1.29, 1.82) is 0 Å². The van der Waals surface area contributed by atoms with E-state index in [2.05, 4.69) is 128 Å². The van der Waals surface area contributed by atoms with E-state index in [0.717, 1.165) is 6.42 Å². The normalized spacial score (nSPS) is 15.3. The molecule has 1 aromatic carbocycles. The van der Waals surface area contributed by atoms with Gasteiger partial charge in [-0.25, -0.2) is 0 Å². The highest BCUT2D eigenvalue weighted by molar-refractivity contribution is 7.67. The second-order valence-electron chi connectivity index (χ2n) is 14.2. The standard InChI is InChI=1S/C25H56O2Si7/c1-29(2,3)33(11,12)31(7,8)26-25(27-32(9,10)34(13,14)30(4,5)6)24(20-21-28)22-23-18-16-15-17-19-23/h15-19,22,25H,20-21H2,1-14,28H3. The molecule has 0 aliphatic carbocycles. The fraction of sp³-hybridized carbons (Fsp3) is 0.680. The summed E-state index contributed by atoms with van der Waals surface area (Å²) in [5.74, 6) is 0. The Morgan fingerprint density at radius 2 is 1.09 bits per heavy atom. The molecule has 0 bridgehead atoms. The Bertz CT molecular complexity index is 780. The molecule has 0 saturated heterocycles. The first-order chi connectivity index (χ1) is 15.1. The molecule has 0 saturated carbocycles. The van der Waals surface area contributed by atoms with E-state index in [1.807, 2.05) is 0 Å². The molecular weight excluding hydrogens is 529 g/mol. The molecule has 0 N–H and O–H groups in total. The Labute approximate surface area is 221 Å². The summed E-state index contributed by atoms with van der Waals surface area (Å²) in [5, 5.41) is 0. The van der Waals surface area contributed by atoms with Gasteiger partial charge in [-0.3, -0.25) is 0 Å². The predicted octanol–water partition coefficient (Wildman–Crippen LogP) is 7.42. The van der Waals surface area contributed by atoms with Gasteiger partial charge in [-0.05, 0) is 43.7 Å². The third kappa shape index (κ3) is 7.47. The minimum Gasteiger partial charge on any atom is -0.393 e. The fourth-order valence-electron chi connectivity index (χ4n) is 4.12. The second-order valence-corrected chi connectivity index (χ2v) is 71.5. The lowest BCUT2D eigenvalue weighted by Crippen LogP contribution is -2.73. The monoisotopic (exact) mass is 584 g/mol. The molecule has 0 fully saturated rings. The first-order valence-corrected chi connectivity index (χ1v) is 37.4. The molecular formula is C25H56O2Si7. The number of hydrogen-bond donors (Lipinski definition) is 0. The van der Waals surface area contributed by atoms with Gasteiger partial charge < -0.3 is 8.85 Å². The van der Waals surface area contributed by atoms with Gasteiger partial charge in [0.25, 0.3) is 0 Å². The van der Waals surface area contributed by atoms with Crippen molar-refractivity contribution in [2.45, 2.75) is 110 Å². The largest absolute Gasteiger partial charge is 0.393 e. The zero-order valence-corrected chi connectivity index (χ0v) is 33.3. The average molecular weight is 585 g/mol. The van der Waals surface area contributed by atoms with E-state index < -0.39 is 45.1 Å². The molecule has 0 unspecified atom stereocenters. The summed E-state index contributed by atoms with van der Waals surface area (Å²) < 4.78 is 14.8. The van der Waals surface area contributed by atoms with E-state index in [4.69, 9.17) is 8.85 Å². The summed E-state index contributed by atoms with van der Waals surface area (Å²) in [5.41, 5.74) is 2.65. The van der Waals surface area contributed by atoms with Crippen LogP contribution in [0.25, 0.3) is 6.08 Å². The maximum Gasteiger partial charge on any atom is 0.175 e. The van der Waals surface area contributed by atoms with Gasteiger partial charge in [-0.15, -0.1) is 0 Å². The molecule has 196 valence electrons. The molecule has 1 rings (SSSR count). The molecule has 0 aliphatic rings. The van der Waals surface area contributed by atoms with Gasteiger partial charge in [0.05, 0.1) is 14.2 Å². The van der Waals surface area contributed by atoms with Gasteiger partial charge in [0, 0.05) is 25.4 Å². The van der Waals surface area contributed by atoms with Crippen LogP contribution in [-0.4, -0.2) is 61.6 Å². The van der Waals surface area contributed by atoms with Crippen LogP contribution >= 0.6 is 0 Å². The number of rotatable bonds is 12. The SMILES string of the molecule is C[Si](C)(C)[Si](C)(C)[Si](C)(C)OC(O[Si](C)(C)[Si](C)(C)[Si](C)(C)C)C(=Cc1ccccc1)CC[SiH3]. The zero-order valence-electron chi connectivity index (χ0n) is 25.3. The van der Waals surface area contributed by atoms with Crippen LogP contribution in [0.5, 0.6) is 0 Å².